The zero-order valence-electron chi connectivity index (χ0n) is 10.5. The summed E-state index contributed by atoms with van der Waals surface area (Å²) in [4.78, 5) is 0. The quantitative estimate of drug-likeness (QED) is 0.591. The Labute approximate surface area is 116 Å². The van der Waals surface area contributed by atoms with Crippen LogP contribution in [-0.4, -0.2) is 18.5 Å². The molecule has 0 amide bonds. The largest absolute Gasteiger partial charge is 0.397 e. The summed E-state index contributed by atoms with van der Waals surface area (Å²) in [6.45, 7) is 2.59. The third-order valence-corrected chi connectivity index (χ3v) is 3.87. The molecule has 1 fully saturated rings. The first-order chi connectivity index (χ1) is 8.59. The van der Waals surface area contributed by atoms with E-state index in [1.807, 2.05) is 12.1 Å². The lowest BCUT2D eigenvalue weighted by Gasteiger charge is -2.21. The molecule has 2 rings (SSSR count). The highest BCUT2D eigenvalue weighted by Gasteiger charge is 2.21. The van der Waals surface area contributed by atoms with Gasteiger partial charge in [-0.3, -0.25) is 5.32 Å². The first-order valence-electron chi connectivity index (χ1n) is 6.19. The lowest BCUT2D eigenvalue weighted by Crippen LogP contribution is -2.86. The van der Waals surface area contributed by atoms with Gasteiger partial charge in [0.05, 0.1) is 17.9 Å². The average molecular weight is 313 g/mol. The van der Waals surface area contributed by atoms with Gasteiger partial charge in [-0.1, -0.05) is 0 Å². The fraction of sp³-hybridized carbons (Fsp3) is 0.462. The van der Waals surface area contributed by atoms with Crippen molar-refractivity contribution in [3.8, 4) is 0 Å². The van der Waals surface area contributed by atoms with Gasteiger partial charge in [0.25, 0.3) is 0 Å². The number of ether oxygens (including phenoxy) is 1. The topological polar surface area (TPSA) is 75.7 Å². The van der Waals surface area contributed by atoms with Crippen molar-refractivity contribution in [2.45, 2.75) is 32.4 Å². The Bertz CT molecular complexity index is 456. The fourth-order valence-electron chi connectivity index (χ4n) is 2.27. The maximum atomic E-state index is 7.87. The van der Waals surface area contributed by atoms with Crippen molar-refractivity contribution in [2.75, 3.05) is 12.3 Å². The molecule has 1 atom stereocenters. The van der Waals surface area contributed by atoms with Crippen LogP contribution >= 0.6 is 15.9 Å². The van der Waals surface area contributed by atoms with Crippen LogP contribution < -0.4 is 11.1 Å². The molecular formula is C13H19BrN3O+. The molecule has 5 N–H and O–H groups in total. The monoisotopic (exact) mass is 312 g/mol. The molecule has 0 saturated carbocycles. The smallest absolute Gasteiger partial charge is 0.194 e. The third kappa shape index (κ3) is 2.91. The summed E-state index contributed by atoms with van der Waals surface area (Å²) in [5, 5.41) is 9.96. The van der Waals surface area contributed by atoms with Gasteiger partial charge in [0.15, 0.2) is 6.23 Å². The van der Waals surface area contributed by atoms with E-state index in [2.05, 4.69) is 21.2 Å². The van der Waals surface area contributed by atoms with Crippen LogP contribution in [0.3, 0.4) is 0 Å². The summed E-state index contributed by atoms with van der Waals surface area (Å²) < 4.78 is 6.55. The standard InChI is InChI=1S/C13H18BrN3O/c1-8(15)12-10(6-5-9(14)13(12)16)17-11-4-2-3-7-18-11/h5-6,11,15,17H,2-4,7,16H2,1H3/p+1. The molecule has 1 aromatic rings. The number of hydrogen-bond donors (Lipinski definition) is 3. The van der Waals surface area contributed by atoms with Crippen molar-refractivity contribution < 1.29 is 10.1 Å². The summed E-state index contributed by atoms with van der Waals surface area (Å²) in [7, 11) is 0. The summed E-state index contributed by atoms with van der Waals surface area (Å²) >= 11 is 3.41. The molecule has 4 nitrogen and oxygen atoms in total. The average Bonchev–Trinajstić information content (AvgIpc) is 2.35. The van der Waals surface area contributed by atoms with Gasteiger partial charge in [-0.25, -0.2) is 0 Å². The highest BCUT2D eigenvalue weighted by molar-refractivity contribution is 9.10. The normalized spacial score (nSPS) is 19.8. The van der Waals surface area contributed by atoms with Gasteiger partial charge < -0.3 is 15.9 Å². The van der Waals surface area contributed by atoms with Crippen LogP contribution in [0, 0.1) is 5.41 Å². The lowest BCUT2D eigenvalue weighted by atomic mass is 10.1. The Morgan fingerprint density at radius 1 is 1.50 bits per heavy atom. The second kappa shape index (κ2) is 5.82. The molecule has 1 unspecified atom stereocenters. The number of hydrogen-bond acceptors (Lipinski definition) is 3. The zero-order chi connectivity index (χ0) is 13.1. The Balaban J connectivity index is 2.26. The molecule has 0 radical (unpaired) electrons. The number of anilines is 1. The Morgan fingerprint density at radius 2 is 2.28 bits per heavy atom. The van der Waals surface area contributed by atoms with E-state index in [4.69, 9.17) is 15.9 Å². The van der Waals surface area contributed by atoms with Gasteiger partial charge in [-0.15, -0.1) is 0 Å². The molecule has 98 valence electrons. The molecule has 0 bridgehead atoms. The number of nitrogen functional groups attached to an aromatic ring is 1. The molecule has 1 aliphatic heterocycles. The van der Waals surface area contributed by atoms with Crippen LogP contribution in [0.2, 0.25) is 0 Å². The van der Waals surface area contributed by atoms with E-state index < -0.39 is 0 Å². The van der Waals surface area contributed by atoms with Crippen LogP contribution in [0.5, 0.6) is 0 Å². The number of benzene rings is 1. The number of rotatable bonds is 3. The number of quaternary nitrogens is 1. The van der Waals surface area contributed by atoms with E-state index in [0.717, 1.165) is 35.2 Å². The van der Waals surface area contributed by atoms with Crippen molar-refractivity contribution >= 4 is 33.0 Å². The first kappa shape index (κ1) is 13.5. The van der Waals surface area contributed by atoms with Crippen molar-refractivity contribution in [2.24, 2.45) is 0 Å². The van der Waals surface area contributed by atoms with Crippen LogP contribution in [-0.2, 0) is 4.74 Å². The van der Waals surface area contributed by atoms with Gasteiger partial charge in [-0.2, -0.15) is 0 Å². The third-order valence-electron chi connectivity index (χ3n) is 3.18. The number of halogens is 1. The fourth-order valence-corrected chi connectivity index (χ4v) is 2.60. The van der Waals surface area contributed by atoms with Gasteiger partial charge in [-0.05, 0) is 41.8 Å². The summed E-state index contributed by atoms with van der Waals surface area (Å²) in [6, 6.07) is 3.92. The Hall–Kier alpha value is -0.910. The van der Waals surface area contributed by atoms with Crippen molar-refractivity contribution in [1.29, 1.82) is 5.41 Å². The number of nitrogens with one attached hydrogen (secondary N) is 1. The van der Waals surface area contributed by atoms with Crippen molar-refractivity contribution in [3.05, 3.63) is 22.2 Å². The minimum absolute atomic E-state index is 0.150. The maximum absolute atomic E-state index is 7.87. The molecule has 1 heterocycles. The first-order valence-corrected chi connectivity index (χ1v) is 6.99. The summed E-state index contributed by atoms with van der Waals surface area (Å²) in [6.07, 6.45) is 3.54. The van der Waals surface area contributed by atoms with E-state index in [0.29, 0.717) is 11.4 Å². The molecule has 0 aliphatic carbocycles. The highest BCUT2D eigenvalue weighted by Crippen LogP contribution is 2.28. The summed E-state index contributed by atoms with van der Waals surface area (Å²) in [5.41, 5.74) is 8.95. The van der Waals surface area contributed by atoms with E-state index in [1.54, 1.807) is 6.92 Å². The maximum Gasteiger partial charge on any atom is 0.194 e. The number of nitrogens with two attached hydrogens (primary N) is 2. The van der Waals surface area contributed by atoms with Crippen LogP contribution in [0.4, 0.5) is 11.4 Å². The molecule has 0 aromatic heterocycles. The Kier molecular flexibility index (Phi) is 4.37. The summed E-state index contributed by atoms with van der Waals surface area (Å²) in [5.74, 6) is 0. The van der Waals surface area contributed by atoms with Crippen LogP contribution in [0.1, 0.15) is 31.7 Å². The molecule has 1 aromatic carbocycles. The Morgan fingerprint density at radius 3 is 2.89 bits per heavy atom. The van der Waals surface area contributed by atoms with Gasteiger partial charge >= 0.3 is 0 Å². The minimum Gasteiger partial charge on any atom is -0.397 e. The van der Waals surface area contributed by atoms with E-state index in [9.17, 15) is 0 Å². The van der Waals surface area contributed by atoms with Crippen molar-refractivity contribution in [1.82, 2.24) is 0 Å². The molecule has 5 heteroatoms. The van der Waals surface area contributed by atoms with E-state index in [1.165, 1.54) is 6.42 Å². The van der Waals surface area contributed by atoms with Gasteiger partial charge in [0.2, 0.25) is 0 Å². The van der Waals surface area contributed by atoms with E-state index >= 15 is 0 Å². The van der Waals surface area contributed by atoms with Gasteiger partial charge in [0.1, 0.15) is 5.69 Å². The van der Waals surface area contributed by atoms with Crippen LogP contribution in [0.25, 0.3) is 0 Å². The van der Waals surface area contributed by atoms with E-state index in [-0.39, 0.29) is 6.23 Å². The predicted octanol–water partition coefficient (Wildman–Crippen LogP) is 2.14. The lowest BCUT2D eigenvalue weighted by molar-refractivity contribution is -0.660. The molecule has 1 aliphatic rings. The molecular weight excluding hydrogens is 294 g/mol. The van der Waals surface area contributed by atoms with Crippen molar-refractivity contribution in [3.63, 3.8) is 0 Å². The highest BCUT2D eigenvalue weighted by atomic mass is 79.9. The minimum atomic E-state index is 0.150. The SMILES string of the molecule is CC(=N)c1c([NH2+]C2CCCCO2)ccc(Br)c1N. The van der Waals surface area contributed by atoms with Crippen LogP contribution in [0.15, 0.2) is 16.6 Å². The second-order valence-electron chi connectivity index (χ2n) is 4.62. The second-order valence-corrected chi connectivity index (χ2v) is 5.48. The molecule has 18 heavy (non-hydrogen) atoms. The zero-order valence-corrected chi connectivity index (χ0v) is 12.1. The molecule has 1 saturated heterocycles. The van der Waals surface area contributed by atoms with Gasteiger partial charge in [0, 0.05) is 22.7 Å². The molecule has 0 spiro atoms. The predicted molar refractivity (Wildman–Crippen MR) is 76.2 cm³/mol.